The van der Waals surface area contributed by atoms with Gasteiger partial charge in [0.25, 0.3) is 0 Å². The molecule has 0 aliphatic carbocycles. The lowest BCUT2D eigenvalue weighted by Crippen LogP contribution is -2.44. The van der Waals surface area contributed by atoms with Crippen molar-refractivity contribution < 1.29 is 19.8 Å². The van der Waals surface area contributed by atoms with Crippen LogP contribution in [0.3, 0.4) is 0 Å². The van der Waals surface area contributed by atoms with Crippen molar-refractivity contribution >= 4 is 12.0 Å². The highest BCUT2D eigenvalue weighted by Gasteiger charge is 2.16. The maximum atomic E-state index is 11.5. The summed E-state index contributed by atoms with van der Waals surface area (Å²) in [5.41, 5.74) is 0. The molecule has 2 amide bonds. The van der Waals surface area contributed by atoms with E-state index < -0.39 is 18.1 Å². The van der Waals surface area contributed by atoms with Gasteiger partial charge in [0.2, 0.25) is 0 Å². The van der Waals surface area contributed by atoms with Crippen LogP contribution in [0.25, 0.3) is 0 Å². The smallest absolute Gasteiger partial charge is 0.334 e. The van der Waals surface area contributed by atoms with E-state index in [1.54, 1.807) is 0 Å². The minimum Gasteiger partial charge on any atom is -0.479 e. The minimum atomic E-state index is -1.60. The Bertz CT molecular complexity index is 285. The molecule has 0 radical (unpaired) electrons. The van der Waals surface area contributed by atoms with Gasteiger partial charge in [-0.3, -0.25) is 0 Å². The third-order valence-corrected chi connectivity index (χ3v) is 1.79. The SMILES string of the molecule is C#CCN(CCC)C(=O)NCC(O)C(=O)O. The highest BCUT2D eigenvalue weighted by atomic mass is 16.4. The van der Waals surface area contributed by atoms with Crippen molar-refractivity contribution in [3.63, 3.8) is 0 Å². The number of carbonyl (C=O) groups excluding carboxylic acids is 1. The molecule has 0 bridgehead atoms. The van der Waals surface area contributed by atoms with Crippen molar-refractivity contribution in [2.75, 3.05) is 19.6 Å². The number of nitrogens with zero attached hydrogens (tertiary/aromatic N) is 1. The molecule has 1 atom stereocenters. The zero-order valence-corrected chi connectivity index (χ0v) is 9.14. The van der Waals surface area contributed by atoms with E-state index in [1.807, 2.05) is 6.92 Å². The zero-order valence-electron chi connectivity index (χ0n) is 9.14. The fraction of sp³-hybridized carbons (Fsp3) is 0.600. The van der Waals surface area contributed by atoms with Crippen LogP contribution in [0.15, 0.2) is 0 Å². The summed E-state index contributed by atoms with van der Waals surface area (Å²) in [7, 11) is 0. The summed E-state index contributed by atoms with van der Waals surface area (Å²) in [6.45, 7) is 2.20. The lowest BCUT2D eigenvalue weighted by atomic mass is 10.3. The van der Waals surface area contributed by atoms with E-state index >= 15 is 0 Å². The van der Waals surface area contributed by atoms with Crippen LogP contribution in [0.5, 0.6) is 0 Å². The van der Waals surface area contributed by atoms with Gasteiger partial charge in [-0.2, -0.15) is 0 Å². The Morgan fingerprint density at radius 3 is 2.62 bits per heavy atom. The second-order valence-electron chi connectivity index (χ2n) is 3.17. The van der Waals surface area contributed by atoms with Crippen molar-refractivity contribution in [2.24, 2.45) is 0 Å². The standard InChI is InChI=1S/C10H16N2O4/c1-3-5-12(6-4-2)10(16)11-7-8(13)9(14)15/h1,8,13H,4-7H2,2H3,(H,11,16)(H,14,15). The van der Waals surface area contributed by atoms with Crippen molar-refractivity contribution in [2.45, 2.75) is 19.4 Å². The first kappa shape index (κ1) is 14.3. The Labute approximate surface area is 94.2 Å². The summed E-state index contributed by atoms with van der Waals surface area (Å²) < 4.78 is 0. The van der Waals surface area contributed by atoms with Crippen molar-refractivity contribution in [1.29, 1.82) is 0 Å². The third kappa shape index (κ3) is 5.22. The Balaban J connectivity index is 4.11. The van der Waals surface area contributed by atoms with Crippen molar-refractivity contribution in [3.8, 4) is 12.3 Å². The molecule has 3 N–H and O–H groups in total. The van der Waals surface area contributed by atoms with Gasteiger partial charge in [-0.05, 0) is 6.42 Å². The van der Waals surface area contributed by atoms with Crippen molar-refractivity contribution in [1.82, 2.24) is 10.2 Å². The summed E-state index contributed by atoms with van der Waals surface area (Å²) in [5.74, 6) is 0.955. The molecule has 16 heavy (non-hydrogen) atoms. The molecule has 0 aromatic carbocycles. The van der Waals surface area contributed by atoms with Gasteiger partial charge in [-0.1, -0.05) is 12.8 Å². The molecule has 0 saturated heterocycles. The highest BCUT2D eigenvalue weighted by Crippen LogP contribution is 1.92. The molecule has 0 rings (SSSR count). The molecule has 90 valence electrons. The number of aliphatic hydroxyl groups excluding tert-OH is 1. The second-order valence-corrected chi connectivity index (χ2v) is 3.17. The van der Waals surface area contributed by atoms with Gasteiger partial charge in [0, 0.05) is 6.54 Å². The summed E-state index contributed by atoms with van der Waals surface area (Å²) in [6.07, 6.45) is 4.23. The quantitative estimate of drug-likeness (QED) is 0.534. The molecule has 0 aliphatic heterocycles. The molecule has 0 heterocycles. The Kier molecular flexibility index (Phi) is 6.72. The third-order valence-electron chi connectivity index (χ3n) is 1.79. The monoisotopic (exact) mass is 228 g/mol. The normalized spacial score (nSPS) is 11.3. The predicted octanol–water partition coefficient (Wildman–Crippen LogP) is -0.513. The van der Waals surface area contributed by atoms with Gasteiger partial charge in [-0.15, -0.1) is 6.42 Å². The van der Waals surface area contributed by atoms with Crippen LogP contribution in [0.4, 0.5) is 4.79 Å². The highest BCUT2D eigenvalue weighted by molar-refractivity contribution is 5.77. The van der Waals surface area contributed by atoms with E-state index in [-0.39, 0.29) is 13.1 Å². The van der Waals surface area contributed by atoms with Gasteiger partial charge in [0.15, 0.2) is 6.10 Å². The maximum absolute atomic E-state index is 11.5. The number of aliphatic hydroxyl groups is 1. The van der Waals surface area contributed by atoms with Gasteiger partial charge in [-0.25, -0.2) is 9.59 Å². The van der Waals surface area contributed by atoms with E-state index in [0.717, 1.165) is 6.42 Å². The Hall–Kier alpha value is -1.74. The largest absolute Gasteiger partial charge is 0.479 e. The average Bonchev–Trinajstić information content (AvgIpc) is 2.24. The van der Waals surface area contributed by atoms with E-state index in [9.17, 15) is 9.59 Å². The number of carboxylic acids is 1. The average molecular weight is 228 g/mol. The number of rotatable bonds is 6. The van der Waals surface area contributed by atoms with E-state index in [2.05, 4.69) is 11.2 Å². The lowest BCUT2D eigenvalue weighted by Gasteiger charge is -2.20. The number of nitrogens with one attached hydrogen (secondary N) is 1. The van der Waals surface area contributed by atoms with Gasteiger partial charge >= 0.3 is 12.0 Å². The Morgan fingerprint density at radius 2 is 2.19 bits per heavy atom. The number of carbonyl (C=O) groups is 2. The molecule has 0 aromatic heterocycles. The topological polar surface area (TPSA) is 89.9 Å². The molecule has 6 nitrogen and oxygen atoms in total. The maximum Gasteiger partial charge on any atom is 0.334 e. The molecule has 0 spiro atoms. The molecule has 1 unspecified atom stereocenters. The van der Waals surface area contributed by atoms with Crippen LogP contribution in [-0.4, -0.2) is 52.9 Å². The first-order valence-electron chi connectivity index (χ1n) is 4.90. The van der Waals surface area contributed by atoms with Gasteiger partial charge < -0.3 is 20.4 Å². The minimum absolute atomic E-state index is 0.156. The number of terminal acetylenes is 1. The van der Waals surface area contributed by atoms with Crippen molar-refractivity contribution in [3.05, 3.63) is 0 Å². The summed E-state index contributed by atoms with van der Waals surface area (Å²) >= 11 is 0. The fourth-order valence-corrected chi connectivity index (χ4v) is 1.02. The van der Waals surface area contributed by atoms with Crippen LogP contribution in [0.2, 0.25) is 0 Å². The number of hydrogen-bond donors (Lipinski definition) is 3. The summed E-state index contributed by atoms with van der Waals surface area (Å²) in [4.78, 5) is 23.1. The van der Waals surface area contributed by atoms with Gasteiger partial charge in [0.05, 0.1) is 13.1 Å². The van der Waals surface area contributed by atoms with E-state index in [1.165, 1.54) is 4.90 Å². The van der Waals surface area contributed by atoms with Crippen LogP contribution in [0, 0.1) is 12.3 Å². The first-order valence-corrected chi connectivity index (χ1v) is 4.90. The Morgan fingerprint density at radius 1 is 1.56 bits per heavy atom. The van der Waals surface area contributed by atoms with Crippen LogP contribution in [0.1, 0.15) is 13.3 Å². The second kappa shape index (κ2) is 7.54. The number of amides is 2. The van der Waals surface area contributed by atoms with Crippen LogP contribution < -0.4 is 5.32 Å². The lowest BCUT2D eigenvalue weighted by molar-refractivity contribution is -0.146. The molecule has 0 aliphatic rings. The number of hydrogen-bond acceptors (Lipinski definition) is 3. The molecule has 0 aromatic rings. The number of aliphatic carboxylic acids is 1. The fourth-order valence-electron chi connectivity index (χ4n) is 1.02. The molecule has 0 fully saturated rings. The predicted molar refractivity (Wildman–Crippen MR) is 57.7 cm³/mol. The van der Waals surface area contributed by atoms with Gasteiger partial charge in [0.1, 0.15) is 0 Å². The zero-order chi connectivity index (χ0) is 12.6. The van der Waals surface area contributed by atoms with E-state index in [4.69, 9.17) is 16.6 Å². The van der Waals surface area contributed by atoms with Crippen LogP contribution >= 0.6 is 0 Å². The first-order chi connectivity index (χ1) is 7.52. The summed E-state index contributed by atoms with van der Waals surface area (Å²) in [6, 6.07) is -0.472. The summed E-state index contributed by atoms with van der Waals surface area (Å²) in [5, 5.41) is 19.6. The molecular formula is C10H16N2O4. The molecule has 6 heteroatoms. The number of carboxylic acid groups (broad SMARTS) is 1. The molecular weight excluding hydrogens is 212 g/mol. The molecule has 0 saturated carbocycles. The number of urea groups is 1. The van der Waals surface area contributed by atoms with E-state index in [0.29, 0.717) is 6.54 Å². The van der Waals surface area contributed by atoms with Crippen LogP contribution in [-0.2, 0) is 4.79 Å².